The normalized spacial score (nSPS) is 39.8. The lowest BCUT2D eigenvalue weighted by Gasteiger charge is -2.35. The highest BCUT2D eigenvalue weighted by atomic mass is 16.5. The lowest BCUT2D eigenvalue weighted by atomic mass is 9.79. The van der Waals surface area contributed by atoms with E-state index in [1.807, 2.05) is 0 Å². The van der Waals surface area contributed by atoms with Crippen LogP contribution in [0.1, 0.15) is 117 Å². The number of allylic oxidation sites excluding steroid dienone is 2. The average molecular weight is 431 g/mol. The molecule has 2 aliphatic heterocycles. The standard InChI is InChI=1S/C29H50O2/c1-22-3-7-24(8-4-22)11-13-26-15-17-28(30-20-26)19-29-18-16-27(21-31-29)14-12-25-9-5-23(2)6-10-25/h3,23-29H,4-21H2,1-2H3. The summed E-state index contributed by atoms with van der Waals surface area (Å²) in [5, 5.41) is 0. The van der Waals surface area contributed by atoms with E-state index in [2.05, 4.69) is 19.9 Å². The van der Waals surface area contributed by atoms with E-state index in [9.17, 15) is 0 Å². The van der Waals surface area contributed by atoms with Crippen molar-refractivity contribution >= 4 is 0 Å². The summed E-state index contributed by atoms with van der Waals surface area (Å²) < 4.78 is 12.6. The summed E-state index contributed by atoms with van der Waals surface area (Å²) in [6.45, 7) is 6.73. The molecular formula is C29H50O2. The van der Waals surface area contributed by atoms with E-state index in [0.717, 1.165) is 49.2 Å². The van der Waals surface area contributed by atoms with Gasteiger partial charge in [0.25, 0.3) is 0 Å². The fourth-order valence-electron chi connectivity index (χ4n) is 6.68. The molecule has 4 rings (SSSR count). The molecule has 0 radical (unpaired) electrons. The first kappa shape index (κ1) is 23.8. The first-order valence-corrected chi connectivity index (χ1v) is 14.0. The fourth-order valence-corrected chi connectivity index (χ4v) is 6.68. The van der Waals surface area contributed by atoms with Crippen molar-refractivity contribution in [3.63, 3.8) is 0 Å². The summed E-state index contributed by atoms with van der Waals surface area (Å²) in [4.78, 5) is 0. The van der Waals surface area contributed by atoms with Gasteiger partial charge in [0.15, 0.2) is 0 Å². The zero-order valence-electron chi connectivity index (χ0n) is 20.7. The van der Waals surface area contributed by atoms with E-state index in [4.69, 9.17) is 9.47 Å². The number of ether oxygens (including phenoxy) is 2. The predicted molar refractivity (Wildman–Crippen MR) is 130 cm³/mol. The molecule has 5 atom stereocenters. The highest BCUT2D eigenvalue weighted by Crippen LogP contribution is 2.35. The van der Waals surface area contributed by atoms with E-state index in [0.29, 0.717) is 12.2 Å². The third-order valence-electron chi connectivity index (χ3n) is 9.30. The Kier molecular flexibility index (Phi) is 9.38. The first-order chi connectivity index (χ1) is 15.1. The minimum absolute atomic E-state index is 0.460. The van der Waals surface area contributed by atoms with Crippen molar-refractivity contribution in [1.29, 1.82) is 0 Å². The second kappa shape index (κ2) is 12.2. The lowest BCUT2D eigenvalue weighted by Crippen LogP contribution is -2.33. The molecule has 5 unspecified atom stereocenters. The number of hydrogen-bond donors (Lipinski definition) is 0. The Hall–Kier alpha value is -0.340. The van der Waals surface area contributed by atoms with Gasteiger partial charge in [0.1, 0.15) is 0 Å². The second-order valence-electron chi connectivity index (χ2n) is 12.0. The fraction of sp³-hybridized carbons (Fsp3) is 0.931. The van der Waals surface area contributed by atoms with Crippen molar-refractivity contribution in [2.45, 2.75) is 129 Å². The van der Waals surface area contributed by atoms with Crippen molar-refractivity contribution in [2.75, 3.05) is 13.2 Å². The smallest absolute Gasteiger partial charge is 0.0600 e. The highest BCUT2D eigenvalue weighted by molar-refractivity contribution is 5.02. The number of rotatable bonds is 8. The largest absolute Gasteiger partial charge is 0.378 e. The van der Waals surface area contributed by atoms with Gasteiger partial charge < -0.3 is 9.47 Å². The third-order valence-corrected chi connectivity index (χ3v) is 9.30. The summed E-state index contributed by atoms with van der Waals surface area (Å²) >= 11 is 0. The molecular weight excluding hydrogens is 380 g/mol. The maximum atomic E-state index is 6.33. The summed E-state index contributed by atoms with van der Waals surface area (Å²) in [7, 11) is 0. The van der Waals surface area contributed by atoms with Crippen molar-refractivity contribution < 1.29 is 9.47 Å². The van der Waals surface area contributed by atoms with Gasteiger partial charge in [-0.1, -0.05) is 50.7 Å². The average Bonchev–Trinajstić information content (AvgIpc) is 2.80. The molecule has 2 nitrogen and oxygen atoms in total. The Morgan fingerprint density at radius 1 is 0.677 bits per heavy atom. The molecule has 4 aliphatic rings. The summed E-state index contributed by atoms with van der Waals surface area (Å²) in [6, 6.07) is 0. The van der Waals surface area contributed by atoms with E-state index in [1.54, 1.807) is 5.57 Å². The summed E-state index contributed by atoms with van der Waals surface area (Å²) in [5.41, 5.74) is 1.61. The topological polar surface area (TPSA) is 18.5 Å². The van der Waals surface area contributed by atoms with Crippen LogP contribution in [-0.2, 0) is 9.47 Å². The van der Waals surface area contributed by atoms with Crippen molar-refractivity contribution in [3.8, 4) is 0 Å². The minimum Gasteiger partial charge on any atom is -0.378 e. The molecule has 31 heavy (non-hydrogen) atoms. The van der Waals surface area contributed by atoms with Crippen LogP contribution >= 0.6 is 0 Å². The van der Waals surface area contributed by atoms with Gasteiger partial charge in [0.2, 0.25) is 0 Å². The zero-order valence-corrected chi connectivity index (χ0v) is 20.7. The van der Waals surface area contributed by atoms with Gasteiger partial charge >= 0.3 is 0 Å². The molecule has 2 heterocycles. The molecule has 2 aliphatic carbocycles. The van der Waals surface area contributed by atoms with E-state index >= 15 is 0 Å². The van der Waals surface area contributed by atoms with Crippen molar-refractivity contribution in [1.82, 2.24) is 0 Å². The molecule has 178 valence electrons. The molecule has 0 aromatic rings. The van der Waals surface area contributed by atoms with Gasteiger partial charge in [-0.2, -0.15) is 0 Å². The molecule has 0 N–H and O–H groups in total. The van der Waals surface area contributed by atoms with Crippen LogP contribution in [0.5, 0.6) is 0 Å². The Morgan fingerprint density at radius 3 is 1.74 bits per heavy atom. The van der Waals surface area contributed by atoms with Crippen molar-refractivity contribution in [2.24, 2.45) is 29.6 Å². The molecule has 0 bridgehead atoms. The molecule has 1 saturated carbocycles. The molecule has 0 aromatic heterocycles. The second-order valence-corrected chi connectivity index (χ2v) is 12.0. The van der Waals surface area contributed by atoms with E-state index < -0.39 is 0 Å². The van der Waals surface area contributed by atoms with Crippen LogP contribution < -0.4 is 0 Å². The first-order valence-electron chi connectivity index (χ1n) is 14.0. The molecule has 3 fully saturated rings. The van der Waals surface area contributed by atoms with Crippen LogP contribution in [0.15, 0.2) is 11.6 Å². The van der Waals surface area contributed by atoms with Crippen LogP contribution in [0.25, 0.3) is 0 Å². The maximum absolute atomic E-state index is 6.33. The molecule has 2 heteroatoms. The van der Waals surface area contributed by atoms with Crippen LogP contribution in [0.4, 0.5) is 0 Å². The Bertz CT molecular complexity index is 531. The number of hydrogen-bond acceptors (Lipinski definition) is 2. The van der Waals surface area contributed by atoms with Crippen LogP contribution in [0, 0.1) is 29.6 Å². The predicted octanol–water partition coefficient (Wildman–Crippen LogP) is 8.10. The Labute approximate surface area is 192 Å². The zero-order chi connectivity index (χ0) is 21.5. The van der Waals surface area contributed by atoms with E-state index in [1.165, 1.54) is 96.3 Å². The van der Waals surface area contributed by atoms with Gasteiger partial charge in [0, 0.05) is 13.2 Å². The van der Waals surface area contributed by atoms with Gasteiger partial charge in [-0.25, -0.2) is 0 Å². The van der Waals surface area contributed by atoms with Gasteiger partial charge in [-0.3, -0.25) is 0 Å². The molecule has 2 saturated heterocycles. The van der Waals surface area contributed by atoms with Crippen LogP contribution in [-0.4, -0.2) is 25.4 Å². The molecule has 0 amide bonds. The highest BCUT2D eigenvalue weighted by Gasteiger charge is 2.29. The van der Waals surface area contributed by atoms with Gasteiger partial charge in [0.05, 0.1) is 12.2 Å². The van der Waals surface area contributed by atoms with Gasteiger partial charge in [-0.05, 0) is 107 Å². The van der Waals surface area contributed by atoms with Crippen LogP contribution in [0.2, 0.25) is 0 Å². The van der Waals surface area contributed by atoms with E-state index in [-0.39, 0.29) is 0 Å². The minimum atomic E-state index is 0.460. The van der Waals surface area contributed by atoms with Gasteiger partial charge in [-0.15, -0.1) is 0 Å². The Balaban J connectivity index is 1.04. The molecule has 0 aromatic carbocycles. The monoisotopic (exact) mass is 430 g/mol. The Morgan fingerprint density at radius 2 is 1.23 bits per heavy atom. The third kappa shape index (κ3) is 7.88. The van der Waals surface area contributed by atoms with Crippen LogP contribution in [0.3, 0.4) is 0 Å². The quantitative estimate of drug-likeness (QED) is 0.362. The maximum Gasteiger partial charge on any atom is 0.0600 e. The summed E-state index contributed by atoms with van der Waals surface area (Å²) in [6.07, 6.45) is 25.5. The summed E-state index contributed by atoms with van der Waals surface area (Å²) in [5.74, 6) is 4.56. The van der Waals surface area contributed by atoms with Crippen molar-refractivity contribution in [3.05, 3.63) is 11.6 Å². The SMILES string of the molecule is CC1=CCC(CCC2CCC(CC3CCC(CCC4CCC(C)CC4)CO3)OC2)CC1. The lowest BCUT2D eigenvalue weighted by molar-refractivity contribution is -0.0788. The molecule has 0 spiro atoms.